The highest BCUT2D eigenvalue weighted by molar-refractivity contribution is 5.84. The molecule has 0 aromatic rings. The quantitative estimate of drug-likeness (QED) is 0.500. The van der Waals surface area contributed by atoms with E-state index in [1.807, 2.05) is 0 Å². The summed E-state index contributed by atoms with van der Waals surface area (Å²) < 4.78 is 0. The SMILES string of the molecule is O=C1CC[C@@H]2CNC[C@H]12. The van der Waals surface area contributed by atoms with Gasteiger partial charge in [-0.2, -0.15) is 0 Å². The standard InChI is InChI=1S/C7H11NO/c9-7-2-1-5-3-8-4-6(5)7/h5-6,8H,1-4H2/t5-,6+/m1/s1. The summed E-state index contributed by atoms with van der Waals surface area (Å²) in [5.74, 6) is 1.58. The molecule has 1 aliphatic carbocycles. The molecule has 1 heterocycles. The molecule has 0 amide bonds. The predicted octanol–water partition coefficient (Wildman–Crippen LogP) is 0.185. The Morgan fingerprint density at radius 3 is 3.11 bits per heavy atom. The highest BCUT2D eigenvalue weighted by Gasteiger charge is 2.37. The van der Waals surface area contributed by atoms with Crippen LogP contribution in [0, 0.1) is 11.8 Å². The van der Waals surface area contributed by atoms with Crippen LogP contribution in [-0.4, -0.2) is 18.9 Å². The molecule has 50 valence electrons. The van der Waals surface area contributed by atoms with Crippen LogP contribution in [0.1, 0.15) is 12.8 Å². The van der Waals surface area contributed by atoms with Crippen LogP contribution < -0.4 is 5.32 Å². The molecule has 1 saturated carbocycles. The molecule has 9 heavy (non-hydrogen) atoms. The highest BCUT2D eigenvalue weighted by Crippen LogP contribution is 2.30. The fourth-order valence-corrected chi connectivity index (χ4v) is 1.93. The van der Waals surface area contributed by atoms with Crippen LogP contribution in [0.3, 0.4) is 0 Å². The van der Waals surface area contributed by atoms with E-state index in [0.29, 0.717) is 17.6 Å². The van der Waals surface area contributed by atoms with Crippen molar-refractivity contribution in [1.82, 2.24) is 5.32 Å². The third-order valence-corrected chi connectivity index (χ3v) is 2.51. The maximum Gasteiger partial charge on any atom is 0.137 e. The number of fused-ring (bicyclic) bond motifs is 1. The van der Waals surface area contributed by atoms with Crippen molar-refractivity contribution in [3.63, 3.8) is 0 Å². The zero-order valence-electron chi connectivity index (χ0n) is 5.39. The molecular weight excluding hydrogens is 114 g/mol. The second-order valence-electron chi connectivity index (χ2n) is 3.03. The third-order valence-electron chi connectivity index (χ3n) is 2.51. The van der Waals surface area contributed by atoms with E-state index in [2.05, 4.69) is 5.32 Å². The molecule has 0 spiro atoms. The van der Waals surface area contributed by atoms with Crippen LogP contribution >= 0.6 is 0 Å². The monoisotopic (exact) mass is 125 g/mol. The Morgan fingerprint density at radius 1 is 1.44 bits per heavy atom. The van der Waals surface area contributed by atoms with Gasteiger partial charge in [-0.05, 0) is 18.9 Å². The maximum absolute atomic E-state index is 11.0. The first-order valence-electron chi connectivity index (χ1n) is 3.61. The predicted molar refractivity (Wildman–Crippen MR) is 34.1 cm³/mol. The minimum Gasteiger partial charge on any atom is -0.316 e. The molecule has 2 fully saturated rings. The van der Waals surface area contributed by atoms with Gasteiger partial charge in [0.25, 0.3) is 0 Å². The number of hydrogen-bond donors (Lipinski definition) is 1. The average Bonchev–Trinajstić information content (AvgIpc) is 2.35. The first-order valence-corrected chi connectivity index (χ1v) is 3.61. The lowest BCUT2D eigenvalue weighted by Gasteiger charge is -2.01. The summed E-state index contributed by atoms with van der Waals surface area (Å²) >= 11 is 0. The van der Waals surface area contributed by atoms with Crippen LogP contribution in [-0.2, 0) is 4.79 Å². The van der Waals surface area contributed by atoms with Gasteiger partial charge in [0.2, 0.25) is 0 Å². The van der Waals surface area contributed by atoms with E-state index in [9.17, 15) is 4.79 Å². The molecule has 0 radical (unpaired) electrons. The van der Waals surface area contributed by atoms with Gasteiger partial charge in [0.05, 0.1) is 0 Å². The molecule has 2 rings (SSSR count). The van der Waals surface area contributed by atoms with Crippen molar-refractivity contribution >= 4 is 5.78 Å². The molecule has 0 aromatic carbocycles. The lowest BCUT2D eigenvalue weighted by atomic mass is 10.0. The molecular formula is C7H11NO. The largest absolute Gasteiger partial charge is 0.316 e. The molecule has 1 saturated heterocycles. The second-order valence-corrected chi connectivity index (χ2v) is 3.03. The van der Waals surface area contributed by atoms with Gasteiger partial charge in [-0.15, -0.1) is 0 Å². The minimum atomic E-state index is 0.394. The lowest BCUT2D eigenvalue weighted by molar-refractivity contribution is -0.120. The van der Waals surface area contributed by atoms with Gasteiger partial charge in [-0.3, -0.25) is 4.79 Å². The van der Waals surface area contributed by atoms with E-state index in [-0.39, 0.29) is 0 Å². The molecule has 2 atom stereocenters. The Bertz CT molecular complexity index is 144. The molecule has 1 aliphatic heterocycles. The summed E-state index contributed by atoms with van der Waals surface area (Å²) in [5.41, 5.74) is 0. The fourth-order valence-electron chi connectivity index (χ4n) is 1.93. The smallest absolute Gasteiger partial charge is 0.137 e. The minimum absolute atomic E-state index is 0.394. The number of hydrogen-bond acceptors (Lipinski definition) is 2. The van der Waals surface area contributed by atoms with Crippen molar-refractivity contribution in [2.24, 2.45) is 11.8 Å². The van der Waals surface area contributed by atoms with Gasteiger partial charge in [-0.1, -0.05) is 0 Å². The summed E-state index contributed by atoms with van der Waals surface area (Å²) in [6.07, 6.45) is 1.98. The van der Waals surface area contributed by atoms with Crippen LogP contribution in [0.15, 0.2) is 0 Å². The lowest BCUT2D eigenvalue weighted by Crippen LogP contribution is -2.14. The van der Waals surface area contributed by atoms with Crippen LogP contribution in [0.5, 0.6) is 0 Å². The fraction of sp³-hybridized carbons (Fsp3) is 0.857. The summed E-state index contributed by atoms with van der Waals surface area (Å²) in [7, 11) is 0. The summed E-state index contributed by atoms with van der Waals surface area (Å²) in [4.78, 5) is 11.0. The van der Waals surface area contributed by atoms with Crippen molar-refractivity contribution in [1.29, 1.82) is 0 Å². The van der Waals surface area contributed by atoms with Crippen molar-refractivity contribution in [2.75, 3.05) is 13.1 Å². The van der Waals surface area contributed by atoms with Gasteiger partial charge in [0, 0.05) is 18.9 Å². The van der Waals surface area contributed by atoms with E-state index in [0.717, 1.165) is 25.9 Å². The van der Waals surface area contributed by atoms with Crippen molar-refractivity contribution in [3.8, 4) is 0 Å². The van der Waals surface area contributed by atoms with Crippen molar-refractivity contribution in [3.05, 3.63) is 0 Å². The summed E-state index contributed by atoms with van der Waals surface area (Å²) in [6.45, 7) is 2.03. The number of carbonyl (C=O) groups excluding carboxylic acids is 1. The van der Waals surface area contributed by atoms with Crippen LogP contribution in [0.4, 0.5) is 0 Å². The Morgan fingerprint density at radius 2 is 2.33 bits per heavy atom. The topological polar surface area (TPSA) is 29.1 Å². The first kappa shape index (κ1) is 5.42. The number of nitrogens with one attached hydrogen (secondary N) is 1. The Labute approximate surface area is 54.6 Å². The van der Waals surface area contributed by atoms with E-state index >= 15 is 0 Å². The average molecular weight is 125 g/mol. The Hall–Kier alpha value is -0.370. The summed E-state index contributed by atoms with van der Waals surface area (Å²) in [5, 5.41) is 3.23. The van der Waals surface area contributed by atoms with Gasteiger partial charge in [0.1, 0.15) is 5.78 Å². The van der Waals surface area contributed by atoms with Crippen LogP contribution in [0.25, 0.3) is 0 Å². The molecule has 0 aromatic heterocycles. The Kier molecular flexibility index (Phi) is 1.09. The van der Waals surface area contributed by atoms with Gasteiger partial charge >= 0.3 is 0 Å². The Balaban J connectivity index is 2.15. The third kappa shape index (κ3) is 0.697. The number of carbonyl (C=O) groups is 1. The van der Waals surface area contributed by atoms with Crippen molar-refractivity contribution < 1.29 is 4.79 Å². The number of Topliss-reactive ketones (excluding diaryl/α,β-unsaturated/α-hetero) is 1. The first-order chi connectivity index (χ1) is 4.38. The number of ketones is 1. The van der Waals surface area contributed by atoms with E-state index < -0.39 is 0 Å². The molecule has 2 aliphatic rings. The van der Waals surface area contributed by atoms with Crippen molar-refractivity contribution in [2.45, 2.75) is 12.8 Å². The molecule has 2 nitrogen and oxygen atoms in total. The van der Waals surface area contributed by atoms with E-state index in [4.69, 9.17) is 0 Å². The molecule has 0 unspecified atom stereocenters. The van der Waals surface area contributed by atoms with Gasteiger partial charge < -0.3 is 5.32 Å². The van der Waals surface area contributed by atoms with E-state index in [1.54, 1.807) is 0 Å². The summed E-state index contributed by atoms with van der Waals surface area (Å²) in [6, 6.07) is 0. The highest BCUT2D eigenvalue weighted by atomic mass is 16.1. The molecule has 0 bridgehead atoms. The second kappa shape index (κ2) is 1.81. The maximum atomic E-state index is 11.0. The van der Waals surface area contributed by atoms with E-state index in [1.165, 1.54) is 0 Å². The van der Waals surface area contributed by atoms with Gasteiger partial charge in [-0.25, -0.2) is 0 Å². The zero-order valence-corrected chi connectivity index (χ0v) is 5.39. The molecule has 1 N–H and O–H groups in total. The normalized spacial score (nSPS) is 41.6. The zero-order chi connectivity index (χ0) is 6.27. The number of rotatable bonds is 0. The van der Waals surface area contributed by atoms with Crippen LogP contribution in [0.2, 0.25) is 0 Å². The molecule has 2 heteroatoms. The van der Waals surface area contributed by atoms with Gasteiger partial charge in [0.15, 0.2) is 0 Å².